The lowest BCUT2D eigenvalue weighted by atomic mass is 9.49. The fraction of sp³-hybridized carbons (Fsp3) is 0.941. The molecule has 5 aliphatic rings. The van der Waals surface area contributed by atoms with Crippen LogP contribution in [0.5, 0.6) is 0 Å². The summed E-state index contributed by atoms with van der Waals surface area (Å²) >= 11 is 0. The van der Waals surface area contributed by atoms with Gasteiger partial charge in [-0.1, -0.05) is 0 Å². The topological polar surface area (TPSA) is 55.6 Å². The molecule has 0 radical (unpaired) electrons. The predicted molar refractivity (Wildman–Crippen MR) is 80.6 cm³/mol. The highest BCUT2D eigenvalue weighted by atomic mass is 16.5. The second-order valence-corrected chi connectivity index (χ2v) is 8.15. The van der Waals surface area contributed by atoms with E-state index in [9.17, 15) is 4.79 Å². The van der Waals surface area contributed by atoms with E-state index in [0.717, 1.165) is 30.7 Å². The van der Waals surface area contributed by atoms with Crippen LogP contribution in [0, 0.1) is 23.2 Å². The number of carbonyl (C=O) groups is 1. The maximum atomic E-state index is 12.9. The normalized spacial score (nSPS) is 45.1. The summed E-state index contributed by atoms with van der Waals surface area (Å²) in [5.41, 5.74) is 6.16. The van der Waals surface area contributed by atoms with Gasteiger partial charge in [0.05, 0.1) is 19.3 Å². The Morgan fingerprint density at radius 1 is 1.14 bits per heavy atom. The van der Waals surface area contributed by atoms with Crippen molar-refractivity contribution in [3.63, 3.8) is 0 Å². The molecule has 0 aromatic carbocycles. The van der Waals surface area contributed by atoms with Crippen molar-refractivity contribution in [2.75, 3.05) is 26.3 Å². The van der Waals surface area contributed by atoms with E-state index in [-0.39, 0.29) is 6.04 Å². The summed E-state index contributed by atoms with van der Waals surface area (Å²) in [5.74, 6) is 3.09. The van der Waals surface area contributed by atoms with E-state index < -0.39 is 0 Å². The molecule has 118 valence electrons. The number of hydrogen-bond donors (Lipinski definition) is 1. The van der Waals surface area contributed by atoms with Crippen molar-refractivity contribution >= 4 is 5.91 Å². The minimum atomic E-state index is 0.0974. The van der Waals surface area contributed by atoms with Crippen molar-refractivity contribution in [1.82, 2.24) is 4.90 Å². The van der Waals surface area contributed by atoms with E-state index in [1.165, 1.54) is 38.5 Å². The molecule has 2 N–H and O–H groups in total. The van der Waals surface area contributed by atoms with E-state index in [2.05, 4.69) is 0 Å². The number of rotatable bonds is 3. The number of nitrogens with zero attached hydrogens (tertiary/aromatic N) is 1. The molecule has 0 aromatic rings. The van der Waals surface area contributed by atoms with Gasteiger partial charge in [-0.2, -0.15) is 0 Å². The van der Waals surface area contributed by atoms with Crippen LogP contribution < -0.4 is 5.73 Å². The first-order valence-corrected chi connectivity index (χ1v) is 8.75. The van der Waals surface area contributed by atoms with Gasteiger partial charge < -0.3 is 15.4 Å². The summed E-state index contributed by atoms with van der Waals surface area (Å²) < 4.78 is 5.47. The van der Waals surface area contributed by atoms with Gasteiger partial charge in [0.15, 0.2) is 0 Å². The second kappa shape index (κ2) is 5.24. The van der Waals surface area contributed by atoms with Gasteiger partial charge in [-0.05, 0) is 61.7 Å². The number of nitrogens with two attached hydrogens (primary N) is 1. The number of amides is 1. The Bertz CT molecular complexity index is 388. The Morgan fingerprint density at radius 3 is 2.33 bits per heavy atom. The molecule has 1 aliphatic heterocycles. The highest BCUT2D eigenvalue weighted by Crippen LogP contribution is 2.61. The number of hydrogen-bond acceptors (Lipinski definition) is 3. The minimum absolute atomic E-state index is 0.0974. The maximum Gasteiger partial charge on any atom is 0.223 e. The fourth-order valence-corrected chi connectivity index (χ4v) is 6.11. The highest BCUT2D eigenvalue weighted by Gasteiger charge is 2.52. The largest absolute Gasteiger partial charge is 0.377 e. The first-order chi connectivity index (χ1) is 10.2. The molecular formula is C17H28N2O2. The zero-order valence-corrected chi connectivity index (χ0v) is 12.9. The third-order valence-electron chi connectivity index (χ3n) is 6.51. The maximum absolute atomic E-state index is 12.9. The lowest BCUT2D eigenvalue weighted by Gasteiger charge is -2.57. The van der Waals surface area contributed by atoms with Crippen LogP contribution in [-0.4, -0.2) is 43.2 Å². The molecule has 4 saturated carbocycles. The van der Waals surface area contributed by atoms with Gasteiger partial charge >= 0.3 is 0 Å². The Hall–Kier alpha value is -0.610. The molecule has 1 heterocycles. The van der Waals surface area contributed by atoms with E-state index in [1.54, 1.807) is 0 Å². The van der Waals surface area contributed by atoms with Crippen molar-refractivity contribution < 1.29 is 9.53 Å². The van der Waals surface area contributed by atoms with E-state index in [0.29, 0.717) is 31.1 Å². The molecule has 0 aromatic heterocycles. The van der Waals surface area contributed by atoms with Crippen LogP contribution in [0.25, 0.3) is 0 Å². The molecule has 1 saturated heterocycles. The van der Waals surface area contributed by atoms with Crippen molar-refractivity contribution in [1.29, 1.82) is 0 Å². The Labute approximate surface area is 127 Å². The van der Waals surface area contributed by atoms with Crippen LogP contribution >= 0.6 is 0 Å². The molecule has 4 heteroatoms. The van der Waals surface area contributed by atoms with Gasteiger partial charge in [0, 0.05) is 19.5 Å². The van der Waals surface area contributed by atoms with Crippen molar-refractivity contribution in [3.05, 3.63) is 0 Å². The zero-order valence-electron chi connectivity index (χ0n) is 12.9. The lowest BCUT2D eigenvalue weighted by Crippen LogP contribution is -2.54. The molecule has 4 nitrogen and oxygen atoms in total. The average molecular weight is 292 g/mol. The minimum Gasteiger partial charge on any atom is -0.377 e. The van der Waals surface area contributed by atoms with Crippen LogP contribution in [0.15, 0.2) is 0 Å². The molecule has 21 heavy (non-hydrogen) atoms. The van der Waals surface area contributed by atoms with Gasteiger partial charge in [-0.3, -0.25) is 4.79 Å². The van der Waals surface area contributed by atoms with Crippen LogP contribution in [0.2, 0.25) is 0 Å². The molecule has 5 rings (SSSR count). The van der Waals surface area contributed by atoms with Crippen LogP contribution in [-0.2, 0) is 9.53 Å². The first kappa shape index (κ1) is 14.0. The number of carbonyl (C=O) groups excluding carboxylic acids is 1. The van der Waals surface area contributed by atoms with Gasteiger partial charge in [0.25, 0.3) is 0 Å². The monoisotopic (exact) mass is 292 g/mol. The zero-order chi connectivity index (χ0) is 14.4. The predicted octanol–water partition coefficient (Wildman–Crippen LogP) is 1.78. The molecule has 1 atom stereocenters. The van der Waals surface area contributed by atoms with Crippen LogP contribution in [0.1, 0.15) is 44.9 Å². The highest BCUT2D eigenvalue weighted by molar-refractivity contribution is 5.77. The number of morpholine rings is 1. The summed E-state index contributed by atoms with van der Waals surface area (Å²) in [4.78, 5) is 14.9. The lowest BCUT2D eigenvalue weighted by molar-refractivity contribution is -0.147. The first-order valence-electron chi connectivity index (χ1n) is 8.75. The van der Waals surface area contributed by atoms with Gasteiger partial charge in [0.2, 0.25) is 5.91 Å². The molecule has 4 bridgehead atoms. The van der Waals surface area contributed by atoms with Gasteiger partial charge in [-0.25, -0.2) is 0 Å². The van der Waals surface area contributed by atoms with Crippen LogP contribution in [0.4, 0.5) is 0 Å². The molecule has 1 amide bonds. The molecular weight excluding hydrogens is 264 g/mol. The van der Waals surface area contributed by atoms with Gasteiger partial charge in [0.1, 0.15) is 0 Å². The van der Waals surface area contributed by atoms with E-state index in [1.807, 2.05) is 4.90 Å². The smallest absolute Gasteiger partial charge is 0.223 e. The third-order valence-corrected chi connectivity index (χ3v) is 6.51. The van der Waals surface area contributed by atoms with Crippen LogP contribution in [0.3, 0.4) is 0 Å². The Kier molecular flexibility index (Phi) is 3.49. The van der Waals surface area contributed by atoms with Crippen molar-refractivity contribution in [2.45, 2.75) is 51.0 Å². The summed E-state index contributed by atoms with van der Waals surface area (Å²) in [7, 11) is 0. The average Bonchev–Trinajstić information content (AvgIpc) is 2.45. The Balaban J connectivity index is 1.46. The third kappa shape index (κ3) is 2.50. The second-order valence-electron chi connectivity index (χ2n) is 8.15. The molecule has 5 fully saturated rings. The van der Waals surface area contributed by atoms with Crippen molar-refractivity contribution in [2.24, 2.45) is 28.9 Å². The summed E-state index contributed by atoms with van der Waals surface area (Å²) in [6.07, 6.45) is 9.02. The summed E-state index contributed by atoms with van der Waals surface area (Å²) in [5, 5.41) is 0. The molecule has 4 aliphatic carbocycles. The molecule has 0 spiro atoms. The fourth-order valence-electron chi connectivity index (χ4n) is 6.11. The SMILES string of the molecule is NCC1COCCN1C(=O)CC12CC3CC(CC(C3)C1)C2. The van der Waals surface area contributed by atoms with Gasteiger partial charge in [-0.15, -0.1) is 0 Å². The van der Waals surface area contributed by atoms with E-state index >= 15 is 0 Å². The number of ether oxygens (including phenoxy) is 1. The molecule has 1 unspecified atom stereocenters. The summed E-state index contributed by atoms with van der Waals surface area (Å²) in [6, 6.07) is 0.0974. The summed E-state index contributed by atoms with van der Waals surface area (Å²) in [6.45, 7) is 2.53. The van der Waals surface area contributed by atoms with E-state index in [4.69, 9.17) is 10.5 Å². The standard InChI is InChI=1S/C17H28N2O2/c18-10-15-11-21-2-1-19(15)16(20)9-17-6-12-3-13(7-17)5-14(4-12)8-17/h12-15H,1-11,18H2. The Morgan fingerprint density at radius 2 is 1.76 bits per heavy atom. The quantitative estimate of drug-likeness (QED) is 0.862. The van der Waals surface area contributed by atoms with Crippen molar-refractivity contribution in [3.8, 4) is 0 Å².